The van der Waals surface area contributed by atoms with Gasteiger partial charge in [-0.3, -0.25) is 0 Å². The van der Waals surface area contributed by atoms with Crippen LogP contribution in [0.3, 0.4) is 0 Å². The van der Waals surface area contributed by atoms with Gasteiger partial charge in [-0.15, -0.1) is 0 Å². The molecule has 0 bridgehead atoms. The fraction of sp³-hybridized carbons (Fsp3) is 0.444. The molecule has 1 aromatic carbocycles. The third-order valence-corrected chi connectivity index (χ3v) is 3.28. The van der Waals surface area contributed by atoms with Crippen molar-refractivity contribution in [2.24, 2.45) is 0 Å². The van der Waals surface area contributed by atoms with Gasteiger partial charge in [-0.1, -0.05) is 29.8 Å². The summed E-state index contributed by atoms with van der Waals surface area (Å²) in [5.74, 6) is 0. The molecular weight excluding hydrogens is 290 g/mol. The van der Waals surface area contributed by atoms with Crippen LogP contribution in [0, 0.1) is 6.92 Å². The molecule has 5 heteroatoms. The number of nitrogens with zero attached hydrogens (tertiary/aromatic N) is 2. The number of ether oxygens (including phenoxy) is 1. The number of benzene rings is 1. The Morgan fingerprint density at radius 1 is 1.35 bits per heavy atom. The lowest BCUT2D eigenvalue weighted by atomic mass is 10.1. The van der Waals surface area contributed by atoms with Crippen LogP contribution in [0.25, 0.3) is 0 Å². The highest BCUT2D eigenvalue weighted by molar-refractivity contribution is 5.67. The van der Waals surface area contributed by atoms with Gasteiger partial charge in [-0.25, -0.2) is 9.78 Å². The molecule has 23 heavy (non-hydrogen) atoms. The number of rotatable bonds is 5. The standard InChI is InChI=1S/C18H25N3O2/c1-14-6-5-7-15(10-14)12-21-13-19-11-16(21)8-9-20-17(22)23-18(2,3)4/h5-7,10-11,13H,8-9,12H2,1-4H3,(H,20,22). The molecule has 0 aliphatic heterocycles. The number of hydrogen-bond donors (Lipinski definition) is 1. The van der Waals surface area contributed by atoms with Crippen LogP contribution in [-0.2, 0) is 17.7 Å². The number of carbonyl (C=O) groups excluding carboxylic acids is 1. The van der Waals surface area contributed by atoms with Crippen LogP contribution in [0.2, 0.25) is 0 Å². The number of amides is 1. The average molecular weight is 315 g/mol. The SMILES string of the molecule is Cc1cccc(Cn2cncc2CCNC(=O)OC(C)(C)C)c1. The highest BCUT2D eigenvalue weighted by Gasteiger charge is 2.15. The Bertz CT molecular complexity index is 656. The quantitative estimate of drug-likeness (QED) is 0.921. The van der Waals surface area contributed by atoms with Crippen molar-refractivity contribution >= 4 is 6.09 Å². The van der Waals surface area contributed by atoms with Crippen molar-refractivity contribution in [3.8, 4) is 0 Å². The average Bonchev–Trinajstić information content (AvgIpc) is 2.84. The predicted octanol–water partition coefficient (Wildman–Crippen LogP) is 3.31. The van der Waals surface area contributed by atoms with Crippen molar-refractivity contribution < 1.29 is 9.53 Å². The van der Waals surface area contributed by atoms with Crippen LogP contribution in [0.1, 0.15) is 37.6 Å². The molecule has 2 aromatic rings. The van der Waals surface area contributed by atoms with Crippen molar-refractivity contribution in [3.63, 3.8) is 0 Å². The van der Waals surface area contributed by atoms with Gasteiger partial charge in [-0.2, -0.15) is 0 Å². The highest BCUT2D eigenvalue weighted by atomic mass is 16.6. The fourth-order valence-corrected chi connectivity index (χ4v) is 2.31. The molecule has 0 spiro atoms. The second-order valence-electron chi connectivity index (χ2n) is 6.68. The van der Waals surface area contributed by atoms with Crippen molar-refractivity contribution in [1.29, 1.82) is 0 Å². The Morgan fingerprint density at radius 2 is 2.13 bits per heavy atom. The number of carbonyl (C=O) groups is 1. The second kappa shape index (κ2) is 7.31. The molecule has 0 unspecified atom stereocenters. The van der Waals surface area contributed by atoms with E-state index in [2.05, 4.69) is 46.1 Å². The normalized spacial score (nSPS) is 11.3. The van der Waals surface area contributed by atoms with Gasteiger partial charge < -0.3 is 14.6 Å². The van der Waals surface area contributed by atoms with E-state index in [0.29, 0.717) is 13.0 Å². The molecule has 0 saturated carbocycles. The van der Waals surface area contributed by atoms with Crippen LogP contribution in [0.5, 0.6) is 0 Å². The smallest absolute Gasteiger partial charge is 0.407 e. The first-order chi connectivity index (χ1) is 10.8. The molecule has 0 aliphatic rings. The summed E-state index contributed by atoms with van der Waals surface area (Å²) in [6.45, 7) is 8.94. The van der Waals surface area contributed by atoms with Gasteiger partial charge in [0.25, 0.3) is 0 Å². The number of nitrogens with one attached hydrogen (secondary N) is 1. The van der Waals surface area contributed by atoms with E-state index < -0.39 is 5.60 Å². The maximum absolute atomic E-state index is 11.6. The first-order valence-electron chi connectivity index (χ1n) is 7.85. The molecule has 1 N–H and O–H groups in total. The monoisotopic (exact) mass is 315 g/mol. The van der Waals surface area contributed by atoms with Crippen LogP contribution in [0.15, 0.2) is 36.8 Å². The van der Waals surface area contributed by atoms with Gasteiger partial charge in [0, 0.05) is 31.4 Å². The molecule has 0 saturated heterocycles. The maximum atomic E-state index is 11.6. The van der Waals surface area contributed by atoms with Gasteiger partial charge >= 0.3 is 6.09 Å². The molecule has 0 fully saturated rings. The summed E-state index contributed by atoms with van der Waals surface area (Å²) >= 11 is 0. The lowest BCUT2D eigenvalue weighted by Crippen LogP contribution is -2.33. The number of aryl methyl sites for hydroxylation is 1. The summed E-state index contributed by atoms with van der Waals surface area (Å²) in [6, 6.07) is 8.42. The molecule has 1 heterocycles. The van der Waals surface area contributed by atoms with Gasteiger partial charge in [0.05, 0.1) is 6.33 Å². The summed E-state index contributed by atoms with van der Waals surface area (Å²) in [7, 11) is 0. The Labute approximate surface area is 137 Å². The number of alkyl carbamates (subject to hydrolysis) is 1. The zero-order valence-electron chi connectivity index (χ0n) is 14.3. The first-order valence-corrected chi connectivity index (χ1v) is 7.85. The summed E-state index contributed by atoms with van der Waals surface area (Å²) in [5.41, 5.74) is 3.10. The minimum Gasteiger partial charge on any atom is -0.444 e. The predicted molar refractivity (Wildman–Crippen MR) is 90.4 cm³/mol. The van der Waals surface area contributed by atoms with Crippen molar-refractivity contribution in [2.45, 2.75) is 46.3 Å². The largest absolute Gasteiger partial charge is 0.444 e. The minimum absolute atomic E-state index is 0.387. The minimum atomic E-state index is -0.475. The third-order valence-electron chi connectivity index (χ3n) is 3.28. The summed E-state index contributed by atoms with van der Waals surface area (Å²) in [4.78, 5) is 15.9. The molecule has 2 rings (SSSR count). The van der Waals surface area contributed by atoms with Crippen molar-refractivity contribution in [2.75, 3.05) is 6.54 Å². The highest BCUT2D eigenvalue weighted by Crippen LogP contribution is 2.09. The summed E-state index contributed by atoms with van der Waals surface area (Å²) in [6.07, 6.45) is 3.99. The molecule has 0 radical (unpaired) electrons. The van der Waals surface area contributed by atoms with E-state index in [1.54, 1.807) is 0 Å². The molecule has 0 aliphatic carbocycles. The van der Waals surface area contributed by atoms with Gasteiger partial charge in [-0.05, 0) is 33.3 Å². The molecule has 0 atom stereocenters. The molecule has 1 aromatic heterocycles. The molecular formula is C18H25N3O2. The fourth-order valence-electron chi connectivity index (χ4n) is 2.31. The Morgan fingerprint density at radius 3 is 2.83 bits per heavy atom. The van der Waals surface area contributed by atoms with E-state index in [1.165, 1.54) is 11.1 Å². The van der Waals surface area contributed by atoms with Crippen molar-refractivity contribution in [1.82, 2.24) is 14.9 Å². The number of imidazole rings is 1. The Kier molecular flexibility index (Phi) is 5.42. The topological polar surface area (TPSA) is 56.2 Å². The Hall–Kier alpha value is -2.30. The van der Waals surface area contributed by atoms with Gasteiger partial charge in [0.15, 0.2) is 0 Å². The van der Waals surface area contributed by atoms with Crippen LogP contribution in [0.4, 0.5) is 4.79 Å². The van der Waals surface area contributed by atoms with Crippen molar-refractivity contribution in [3.05, 3.63) is 53.6 Å². The molecule has 124 valence electrons. The zero-order valence-corrected chi connectivity index (χ0v) is 14.3. The van der Waals surface area contributed by atoms with E-state index >= 15 is 0 Å². The van der Waals surface area contributed by atoms with E-state index in [0.717, 1.165) is 12.2 Å². The third kappa shape index (κ3) is 5.77. The lowest BCUT2D eigenvalue weighted by Gasteiger charge is -2.19. The van der Waals surface area contributed by atoms with Gasteiger partial charge in [0.1, 0.15) is 5.60 Å². The summed E-state index contributed by atoms with van der Waals surface area (Å²) < 4.78 is 7.33. The molecule has 5 nitrogen and oxygen atoms in total. The van der Waals surface area contributed by atoms with E-state index in [1.807, 2.05) is 33.3 Å². The number of aromatic nitrogens is 2. The first kappa shape index (κ1) is 17.1. The van der Waals surface area contributed by atoms with Gasteiger partial charge in [0.2, 0.25) is 0 Å². The summed E-state index contributed by atoms with van der Waals surface area (Å²) in [5, 5.41) is 2.78. The second-order valence-corrected chi connectivity index (χ2v) is 6.68. The van der Waals surface area contributed by atoms with Crippen LogP contribution >= 0.6 is 0 Å². The van der Waals surface area contributed by atoms with Crippen LogP contribution < -0.4 is 5.32 Å². The molecule has 1 amide bonds. The number of hydrogen-bond acceptors (Lipinski definition) is 3. The Balaban J connectivity index is 1.88. The lowest BCUT2D eigenvalue weighted by molar-refractivity contribution is 0.0528. The van der Waals surface area contributed by atoms with E-state index in [4.69, 9.17) is 4.74 Å². The van der Waals surface area contributed by atoms with E-state index in [-0.39, 0.29) is 6.09 Å². The maximum Gasteiger partial charge on any atom is 0.407 e. The van der Waals surface area contributed by atoms with Crippen LogP contribution in [-0.4, -0.2) is 27.8 Å². The zero-order chi connectivity index (χ0) is 16.9. The van der Waals surface area contributed by atoms with E-state index in [9.17, 15) is 4.79 Å².